The van der Waals surface area contributed by atoms with E-state index in [9.17, 15) is 9.59 Å². The molecule has 0 bridgehead atoms. The van der Waals surface area contributed by atoms with Crippen molar-refractivity contribution >= 4 is 24.2 Å². The van der Waals surface area contributed by atoms with Crippen molar-refractivity contribution < 1.29 is 19.8 Å². The van der Waals surface area contributed by atoms with Crippen LogP contribution in [-0.2, 0) is 9.59 Å². The topological polar surface area (TPSA) is 123 Å². The third kappa shape index (κ3) is 9.43. The van der Waals surface area contributed by atoms with Crippen LogP contribution in [0.3, 0.4) is 0 Å². The molecule has 8 heteroatoms. The van der Waals surface area contributed by atoms with Gasteiger partial charge in [-0.15, -0.1) is 0 Å². The highest BCUT2D eigenvalue weighted by Gasteiger charge is 2.10. The molecular weight excluding hydrogens is 240 g/mol. The quantitative estimate of drug-likeness (QED) is 0.269. The van der Waals surface area contributed by atoms with Crippen LogP contribution >= 0.6 is 0 Å². The van der Waals surface area contributed by atoms with Gasteiger partial charge in [-0.3, -0.25) is 9.59 Å². The molecule has 0 saturated heterocycles. The Kier molecular flexibility index (Phi) is 8.33. The second kappa shape index (κ2) is 9.25. The largest absolute Gasteiger partial charge is 0.393 e. The van der Waals surface area contributed by atoms with E-state index >= 15 is 0 Å². The molecule has 0 aliphatic carbocycles. The van der Waals surface area contributed by atoms with Crippen LogP contribution in [0.25, 0.3) is 0 Å². The van der Waals surface area contributed by atoms with Crippen LogP contribution in [0.4, 0.5) is 0 Å². The van der Waals surface area contributed by atoms with Gasteiger partial charge in [0.25, 0.3) is 0 Å². The van der Waals surface area contributed by atoms with Crippen LogP contribution in [0.2, 0.25) is 0 Å². The zero-order valence-corrected chi connectivity index (χ0v) is 10.3. The first-order chi connectivity index (χ1) is 8.43. The number of aliphatic hydroxyl groups is 2. The molecule has 0 rings (SSSR count). The van der Waals surface area contributed by atoms with Gasteiger partial charge in [0.2, 0.25) is 0 Å². The smallest absolute Gasteiger partial charge is 0.331 e. The highest BCUT2D eigenvalue weighted by molar-refractivity contribution is 6.35. The molecule has 0 aromatic heterocycles. The van der Waals surface area contributed by atoms with Crippen molar-refractivity contribution in [3.05, 3.63) is 0 Å². The summed E-state index contributed by atoms with van der Waals surface area (Å²) in [6, 6.07) is 0. The number of hydrazone groups is 2. The molecule has 0 aromatic carbocycles. The first kappa shape index (κ1) is 16.2. The lowest BCUT2D eigenvalue weighted by atomic mass is 10.3. The van der Waals surface area contributed by atoms with Crippen LogP contribution in [0.15, 0.2) is 10.2 Å². The minimum absolute atomic E-state index is 0.272. The highest BCUT2D eigenvalue weighted by atomic mass is 16.3. The van der Waals surface area contributed by atoms with Crippen molar-refractivity contribution in [3.8, 4) is 0 Å². The molecule has 0 fully saturated rings. The SMILES string of the molecule is C[C@H](O)C/C=N/NC(=O)C(=O)N/N=C/C[C@@H](C)O. The molecule has 0 aliphatic rings. The molecule has 4 N–H and O–H groups in total. The van der Waals surface area contributed by atoms with E-state index in [4.69, 9.17) is 10.2 Å². The summed E-state index contributed by atoms with van der Waals surface area (Å²) in [5.74, 6) is -1.93. The third-order valence-electron chi connectivity index (χ3n) is 1.61. The lowest BCUT2D eigenvalue weighted by Gasteiger charge is -1.99. The van der Waals surface area contributed by atoms with Gasteiger partial charge in [-0.25, -0.2) is 10.9 Å². The van der Waals surface area contributed by atoms with E-state index in [2.05, 4.69) is 10.2 Å². The van der Waals surface area contributed by atoms with Crippen LogP contribution < -0.4 is 10.9 Å². The molecule has 18 heavy (non-hydrogen) atoms. The molecule has 0 radical (unpaired) electrons. The van der Waals surface area contributed by atoms with Gasteiger partial charge in [0.05, 0.1) is 12.2 Å². The summed E-state index contributed by atoms with van der Waals surface area (Å²) < 4.78 is 0. The average Bonchev–Trinajstić information content (AvgIpc) is 2.29. The van der Waals surface area contributed by atoms with Crippen LogP contribution in [0.5, 0.6) is 0 Å². The maximum Gasteiger partial charge on any atom is 0.331 e. The van der Waals surface area contributed by atoms with Crippen molar-refractivity contribution in [2.24, 2.45) is 10.2 Å². The zero-order valence-electron chi connectivity index (χ0n) is 10.3. The van der Waals surface area contributed by atoms with Gasteiger partial charge in [-0.05, 0) is 13.8 Å². The summed E-state index contributed by atoms with van der Waals surface area (Å²) in [6.45, 7) is 3.13. The van der Waals surface area contributed by atoms with Gasteiger partial charge in [0, 0.05) is 25.3 Å². The molecule has 0 aliphatic heterocycles. The number of amides is 2. The number of hydrogen-bond acceptors (Lipinski definition) is 6. The molecule has 2 amide bonds. The Hall–Kier alpha value is -1.80. The van der Waals surface area contributed by atoms with Crippen molar-refractivity contribution in [3.63, 3.8) is 0 Å². The van der Waals surface area contributed by atoms with E-state index in [1.165, 1.54) is 12.4 Å². The highest BCUT2D eigenvalue weighted by Crippen LogP contribution is 1.84. The van der Waals surface area contributed by atoms with Gasteiger partial charge in [0.15, 0.2) is 0 Å². The maximum atomic E-state index is 11.1. The first-order valence-corrected chi connectivity index (χ1v) is 5.43. The standard InChI is InChI=1S/C10H18N4O4/c1-7(15)3-5-11-13-9(17)10(18)14-12-6-4-8(2)16/h5-8,15-16H,3-4H2,1-2H3,(H,13,17)(H,14,18)/b11-5+,12-6+/t7-,8+. The molecule has 0 heterocycles. The van der Waals surface area contributed by atoms with Gasteiger partial charge in [0.1, 0.15) is 0 Å². The summed E-state index contributed by atoms with van der Waals surface area (Å²) in [6.07, 6.45) is 1.98. The van der Waals surface area contributed by atoms with Crippen molar-refractivity contribution in [1.29, 1.82) is 0 Å². The molecule has 0 unspecified atom stereocenters. The first-order valence-electron chi connectivity index (χ1n) is 5.43. The van der Waals surface area contributed by atoms with Gasteiger partial charge in [-0.1, -0.05) is 0 Å². The van der Waals surface area contributed by atoms with E-state index in [0.717, 1.165) is 0 Å². The number of hydrogen-bond donors (Lipinski definition) is 4. The Morgan fingerprint density at radius 2 is 1.33 bits per heavy atom. The number of nitrogens with zero attached hydrogens (tertiary/aromatic N) is 2. The summed E-state index contributed by atoms with van der Waals surface area (Å²) in [5.41, 5.74) is 3.94. The monoisotopic (exact) mass is 258 g/mol. The van der Waals surface area contributed by atoms with E-state index in [-0.39, 0.29) is 12.8 Å². The van der Waals surface area contributed by atoms with Gasteiger partial charge >= 0.3 is 11.8 Å². The number of carbonyl (C=O) groups is 2. The fourth-order valence-corrected chi connectivity index (χ4v) is 0.721. The number of carbonyl (C=O) groups excluding carboxylic acids is 2. The Labute approximate surface area is 105 Å². The van der Waals surface area contributed by atoms with Crippen molar-refractivity contribution in [2.45, 2.75) is 38.9 Å². The van der Waals surface area contributed by atoms with Gasteiger partial charge < -0.3 is 10.2 Å². The number of nitrogens with one attached hydrogen (secondary N) is 2. The summed E-state index contributed by atoms with van der Waals surface area (Å²) in [4.78, 5) is 22.2. The zero-order chi connectivity index (χ0) is 14.0. The van der Waals surface area contributed by atoms with Crippen LogP contribution in [0, 0.1) is 0 Å². The van der Waals surface area contributed by atoms with Gasteiger partial charge in [-0.2, -0.15) is 10.2 Å². The number of aliphatic hydroxyl groups excluding tert-OH is 2. The number of rotatable bonds is 6. The molecule has 102 valence electrons. The Morgan fingerprint density at radius 3 is 1.61 bits per heavy atom. The van der Waals surface area contributed by atoms with Crippen molar-refractivity contribution in [2.75, 3.05) is 0 Å². The second-order valence-corrected chi connectivity index (χ2v) is 3.67. The van der Waals surface area contributed by atoms with Crippen LogP contribution in [-0.4, -0.2) is 46.7 Å². The lowest BCUT2D eigenvalue weighted by molar-refractivity contribution is -0.139. The van der Waals surface area contributed by atoms with Crippen LogP contribution in [0.1, 0.15) is 26.7 Å². The molecule has 0 aromatic rings. The summed E-state index contributed by atoms with van der Waals surface area (Å²) in [5, 5.41) is 24.7. The fourth-order valence-electron chi connectivity index (χ4n) is 0.721. The Balaban J connectivity index is 3.86. The predicted octanol–water partition coefficient (Wildman–Crippen LogP) is -1.27. The minimum Gasteiger partial charge on any atom is -0.393 e. The summed E-state index contributed by atoms with van der Waals surface area (Å²) >= 11 is 0. The van der Waals surface area contributed by atoms with E-state index in [0.29, 0.717) is 0 Å². The second-order valence-electron chi connectivity index (χ2n) is 3.67. The lowest BCUT2D eigenvalue weighted by Crippen LogP contribution is -2.35. The molecule has 2 atom stereocenters. The van der Waals surface area contributed by atoms with E-state index < -0.39 is 24.0 Å². The molecule has 0 spiro atoms. The summed E-state index contributed by atoms with van der Waals surface area (Å²) in [7, 11) is 0. The maximum absolute atomic E-state index is 11.1. The molecule has 0 saturated carbocycles. The Morgan fingerprint density at radius 1 is 1.00 bits per heavy atom. The minimum atomic E-state index is -0.967. The third-order valence-corrected chi connectivity index (χ3v) is 1.61. The normalized spacial score (nSPS) is 14.7. The Bertz CT molecular complexity index is 294. The van der Waals surface area contributed by atoms with Crippen molar-refractivity contribution in [1.82, 2.24) is 10.9 Å². The average molecular weight is 258 g/mol. The fraction of sp³-hybridized carbons (Fsp3) is 0.600. The molecule has 8 nitrogen and oxygen atoms in total. The molecular formula is C10H18N4O4. The van der Waals surface area contributed by atoms with E-state index in [1.807, 2.05) is 10.9 Å². The predicted molar refractivity (Wildman–Crippen MR) is 65.9 cm³/mol. The van der Waals surface area contributed by atoms with E-state index in [1.54, 1.807) is 13.8 Å².